The Bertz CT molecular complexity index is 1030. The van der Waals surface area contributed by atoms with Gasteiger partial charge in [0.25, 0.3) is 5.91 Å². The Kier molecular flexibility index (Phi) is 5.30. The number of aromatic nitrogens is 2. The Labute approximate surface area is 185 Å². The van der Waals surface area contributed by atoms with Crippen molar-refractivity contribution in [1.82, 2.24) is 19.4 Å². The van der Waals surface area contributed by atoms with Crippen LogP contribution in [-0.4, -0.2) is 75.2 Å². The quantitative estimate of drug-likeness (QED) is 0.779. The van der Waals surface area contributed by atoms with Crippen molar-refractivity contribution < 1.29 is 19.4 Å². The van der Waals surface area contributed by atoms with Gasteiger partial charge in [-0.2, -0.15) is 9.61 Å². The molecule has 0 bridgehead atoms. The number of nitrogens with zero attached hydrogens (tertiary/aromatic N) is 4. The topological polar surface area (TPSA) is 87.4 Å². The van der Waals surface area contributed by atoms with E-state index in [-0.39, 0.29) is 36.2 Å². The van der Waals surface area contributed by atoms with E-state index in [9.17, 15) is 14.7 Å². The molecule has 0 atom stereocenters. The fourth-order valence-corrected chi connectivity index (χ4v) is 5.06. The number of hydrogen-bond acceptors (Lipinski definition) is 5. The summed E-state index contributed by atoms with van der Waals surface area (Å²) in [6, 6.07) is 4.08. The lowest BCUT2D eigenvalue weighted by Crippen LogP contribution is -2.56. The summed E-state index contributed by atoms with van der Waals surface area (Å²) >= 11 is 6.59. The largest absolute Gasteiger partial charge is 0.481 e. The van der Waals surface area contributed by atoms with Crippen molar-refractivity contribution in [2.75, 3.05) is 26.7 Å². The number of fused-ring (bicyclic) bond motifs is 1. The van der Waals surface area contributed by atoms with Crippen molar-refractivity contribution in [2.24, 2.45) is 0 Å². The molecule has 3 heterocycles. The van der Waals surface area contributed by atoms with Crippen LogP contribution in [0.1, 0.15) is 60.5 Å². The highest BCUT2D eigenvalue weighted by Crippen LogP contribution is 2.42. The minimum atomic E-state index is -0.337. The van der Waals surface area contributed by atoms with Crippen LogP contribution >= 0.6 is 11.6 Å². The van der Waals surface area contributed by atoms with E-state index in [1.165, 1.54) is 4.90 Å². The summed E-state index contributed by atoms with van der Waals surface area (Å²) in [5.74, 6) is 0.654. The van der Waals surface area contributed by atoms with Gasteiger partial charge in [-0.15, -0.1) is 0 Å². The molecule has 3 aliphatic rings. The normalized spacial score (nSPS) is 24.7. The standard InChI is InChI=1S/C22H27ClN4O4/c1-31-19-11-14(13-2-3-13)10-17-20(23)21(24-27(17)19)22(30)25-8-9-26(18(29)12-25)15-4-6-16(28)7-5-15/h10-11,13,15-16,28H,2-9,12H2,1H3. The summed E-state index contributed by atoms with van der Waals surface area (Å²) in [5.41, 5.74) is 1.94. The molecule has 1 saturated heterocycles. The molecule has 9 heteroatoms. The Hall–Kier alpha value is -2.32. The van der Waals surface area contributed by atoms with Gasteiger partial charge in [-0.25, -0.2) is 0 Å². The number of aliphatic hydroxyl groups excluding tert-OH is 1. The van der Waals surface area contributed by atoms with E-state index in [1.54, 1.807) is 11.6 Å². The SMILES string of the molecule is COc1cc(C2CC2)cc2c(Cl)c(C(=O)N3CCN(C4CCC(O)CC4)C(=O)C3)nn12. The molecule has 31 heavy (non-hydrogen) atoms. The summed E-state index contributed by atoms with van der Waals surface area (Å²) in [4.78, 5) is 29.4. The van der Waals surface area contributed by atoms with E-state index in [0.29, 0.717) is 35.4 Å². The van der Waals surface area contributed by atoms with Crippen LogP contribution in [-0.2, 0) is 4.79 Å². The first-order valence-corrected chi connectivity index (χ1v) is 11.4. The number of aliphatic hydroxyl groups is 1. The molecule has 8 nitrogen and oxygen atoms in total. The first-order chi connectivity index (χ1) is 15.0. The lowest BCUT2D eigenvalue weighted by Gasteiger charge is -2.41. The lowest BCUT2D eigenvalue weighted by atomic mass is 9.91. The van der Waals surface area contributed by atoms with Crippen molar-refractivity contribution in [1.29, 1.82) is 0 Å². The molecule has 0 unspecified atom stereocenters. The van der Waals surface area contributed by atoms with Crippen molar-refractivity contribution in [3.8, 4) is 5.88 Å². The molecule has 1 aliphatic heterocycles. The first-order valence-electron chi connectivity index (χ1n) is 11.0. The molecular formula is C22H27ClN4O4. The molecule has 5 rings (SSSR count). The molecule has 2 amide bonds. The van der Waals surface area contributed by atoms with Crippen molar-refractivity contribution in [2.45, 2.75) is 56.6 Å². The van der Waals surface area contributed by atoms with Crippen LogP contribution in [0.25, 0.3) is 5.52 Å². The maximum atomic E-state index is 13.2. The maximum absolute atomic E-state index is 13.2. The third-order valence-corrected chi connectivity index (χ3v) is 7.15. The molecule has 2 aromatic heterocycles. The van der Waals surface area contributed by atoms with Gasteiger partial charge in [-0.05, 0) is 56.1 Å². The van der Waals surface area contributed by atoms with Crippen LogP contribution in [0.5, 0.6) is 5.88 Å². The van der Waals surface area contributed by atoms with Gasteiger partial charge in [0.1, 0.15) is 6.54 Å². The van der Waals surface area contributed by atoms with Crippen LogP contribution in [0.2, 0.25) is 5.02 Å². The van der Waals surface area contributed by atoms with Crippen LogP contribution in [0.15, 0.2) is 12.1 Å². The van der Waals surface area contributed by atoms with Crippen LogP contribution in [0.4, 0.5) is 0 Å². The van der Waals surface area contributed by atoms with Gasteiger partial charge in [0, 0.05) is 25.2 Å². The second-order valence-corrected chi connectivity index (χ2v) is 9.22. The smallest absolute Gasteiger partial charge is 0.276 e. The second-order valence-electron chi connectivity index (χ2n) is 8.84. The minimum absolute atomic E-state index is 0.0204. The fraction of sp³-hybridized carbons (Fsp3) is 0.591. The Balaban J connectivity index is 1.36. The zero-order valence-electron chi connectivity index (χ0n) is 17.6. The number of methoxy groups -OCH3 is 1. The van der Waals surface area contributed by atoms with E-state index in [0.717, 1.165) is 44.1 Å². The molecular weight excluding hydrogens is 420 g/mol. The van der Waals surface area contributed by atoms with Gasteiger partial charge >= 0.3 is 0 Å². The highest BCUT2D eigenvalue weighted by Gasteiger charge is 2.35. The zero-order chi connectivity index (χ0) is 21.7. The lowest BCUT2D eigenvalue weighted by molar-refractivity contribution is -0.138. The average molecular weight is 447 g/mol. The van der Waals surface area contributed by atoms with E-state index in [1.807, 2.05) is 17.0 Å². The van der Waals surface area contributed by atoms with Gasteiger partial charge in [-0.1, -0.05) is 11.6 Å². The van der Waals surface area contributed by atoms with E-state index in [2.05, 4.69) is 5.10 Å². The Morgan fingerprint density at radius 1 is 1.16 bits per heavy atom. The average Bonchev–Trinajstić information content (AvgIpc) is 3.57. The van der Waals surface area contributed by atoms with Gasteiger partial charge < -0.3 is 19.6 Å². The Morgan fingerprint density at radius 2 is 1.90 bits per heavy atom. The monoisotopic (exact) mass is 446 g/mol. The van der Waals surface area contributed by atoms with Crippen molar-refractivity contribution >= 4 is 28.9 Å². The molecule has 0 radical (unpaired) electrons. The predicted octanol–water partition coefficient (Wildman–Crippen LogP) is 2.46. The number of carbonyl (C=O) groups excluding carboxylic acids is 2. The second kappa shape index (κ2) is 7.98. The zero-order valence-corrected chi connectivity index (χ0v) is 18.3. The van der Waals surface area contributed by atoms with E-state index < -0.39 is 0 Å². The molecule has 0 aromatic carbocycles. The number of amides is 2. The van der Waals surface area contributed by atoms with Crippen molar-refractivity contribution in [3.05, 3.63) is 28.4 Å². The number of rotatable bonds is 4. The highest BCUT2D eigenvalue weighted by molar-refractivity contribution is 6.36. The van der Waals surface area contributed by atoms with Crippen LogP contribution in [0.3, 0.4) is 0 Å². The number of piperazine rings is 1. The summed E-state index contributed by atoms with van der Waals surface area (Å²) in [6.07, 6.45) is 5.08. The predicted molar refractivity (Wildman–Crippen MR) is 115 cm³/mol. The number of halogens is 1. The molecule has 2 aromatic rings. The summed E-state index contributed by atoms with van der Waals surface area (Å²) in [7, 11) is 1.57. The van der Waals surface area contributed by atoms with Gasteiger partial charge in [0.15, 0.2) is 5.69 Å². The molecule has 2 aliphatic carbocycles. The maximum Gasteiger partial charge on any atom is 0.276 e. The summed E-state index contributed by atoms with van der Waals surface area (Å²) in [5, 5.41) is 14.5. The molecule has 2 saturated carbocycles. The van der Waals surface area contributed by atoms with Crippen molar-refractivity contribution in [3.63, 3.8) is 0 Å². The fourth-order valence-electron chi connectivity index (χ4n) is 4.81. The highest BCUT2D eigenvalue weighted by atomic mass is 35.5. The molecule has 1 N–H and O–H groups in total. The number of ether oxygens (including phenoxy) is 1. The summed E-state index contributed by atoms with van der Waals surface area (Å²) < 4.78 is 7.05. The molecule has 166 valence electrons. The molecule has 0 spiro atoms. The number of pyridine rings is 1. The number of hydrogen-bond donors (Lipinski definition) is 1. The third-order valence-electron chi connectivity index (χ3n) is 6.78. The van der Waals surface area contributed by atoms with E-state index >= 15 is 0 Å². The van der Waals surface area contributed by atoms with Gasteiger partial charge in [0.2, 0.25) is 11.8 Å². The number of carbonyl (C=O) groups is 2. The van der Waals surface area contributed by atoms with Crippen LogP contribution in [0, 0.1) is 0 Å². The van der Waals surface area contributed by atoms with Gasteiger partial charge in [-0.3, -0.25) is 9.59 Å². The summed E-state index contributed by atoms with van der Waals surface area (Å²) in [6.45, 7) is 0.955. The third kappa shape index (κ3) is 3.76. The van der Waals surface area contributed by atoms with E-state index in [4.69, 9.17) is 16.3 Å². The minimum Gasteiger partial charge on any atom is -0.481 e. The Morgan fingerprint density at radius 3 is 2.55 bits per heavy atom. The first kappa shape index (κ1) is 20.6. The van der Waals surface area contributed by atoms with Gasteiger partial charge in [0.05, 0.1) is 23.8 Å². The molecule has 3 fully saturated rings. The van der Waals surface area contributed by atoms with Crippen LogP contribution < -0.4 is 4.74 Å².